The molecule has 27 heavy (non-hydrogen) atoms. The molecular formula is C23H24N2OS. The summed E-state index contributed by atoms with van der Waals surface area (Å²) in [4.78, 5) is 16.5. The standard InChI is InChI=1S/C23H24N2OS/c24-23(26)18(14-20-7-4-10-25-20)12-17-8-9-22-21(13-17)19(15-27-22)11-16-5-2-1-3-6-16/h1-10,13,18-19,25H,11-12,14-15H2,(H2,24,26). The number of carbonyl (C=O) groups excluding carboxylic acids is 1. The van der Waals surface area contributed by atoms with Gasteiger partial charge in [0, 0.05) is 28.5 Å². The number of aromatic nitrogens is 1. The van der Waals surface area contributed by atoms with Gasteiger partial charge in [-0.25, -0.2) is 0 Å². The second-order valence-corrected chi connectivity index (χ2v) is 8.33. The second kappa shape index (κ2) is 8.05. The van der Waals surface area contributed by atoms with E-state index in [1.165, 1.54) is 21.6 Å². The highest BCUT2D eigenvalue weighted by Gasteiger charge is 2.25. The summed E-state index contributed by atoms with van der Waals surface area (Å²) in [6.07, 6.45) is 4.28. The van der Waals surface area contributed by atoms with E-state index >= 15 is 0 Å². The van der Waals surface area contributed by atoms with E-state index in [1.807, 2.05) is 30.1 Å². The third kappa shape index (κ3) is 4.28. The summed E-state index contributed by atoms with van der Waals surface area (Å²) in [7, 11) is 0. The quantitative estimate of drug-likeness (QED) is 0.645. The van der Waals surface area contributed by atoms with Gasteiger partial charge in [-0.1, -0.05) is 42.5 Å². The minimum absolute atomic E-state index is 0.191. The van der Waals surface area contributed by atoms with E-state index < -0.39 is 0 Å². The Morgan fingerprint density at radius 3 is 2.67 bits per heavy atom. The largest absolute Gasteiger partial charge is 0.369 e. The summed E-state index contributed by atoms with van der Waals surface area (Å²) in [6, 6.07) is 21.3. The molecule has 0 bridgehead atoms. The van der Waals surface area contributed by atoms with Gasteiger partial charge < -0.3 is 10.7 Å². The van der Waals surface area contributed by atoms with Crippen LogP contribution in [-0.2, 0) is 24.1 Å². The minimum atomic E-state index is -0.236. The summed E-state index contributed by atoms with van der Waals surface area (Å²) < 4.78 is 0. The number of rotatable bonds is 7. The molecule has 0 radical (unpaired) electrons. The summed E-state index contributed by atoms with van der Waals surface area (Å²) in [5, 5.41) is 0. The van der Waals surface area contributed by atoms with Crippen LogP contribution >= 0.6 is 11.8 Å². The monoisotopic (exact) mass is 376 g/mol. The number of aromatic amines is 1. The first-order chi connectivity index (χ1) is 13.2. The highest BCUT2D eigenvalue weighted by Crippen LogP contribution is 2.41. The number of nitrogens with two attached hydrogens (primary N) is 1. The summed E-state index contributed by atoms with van der Waals surface area (Å²) in [5.41, 5.74) is 10.7. The fourth-order valence-corrected chi connectivity index (χ4v) is 5.08. The first-order valence-corrected chi connectivity index (χ1v) is 10.4. The predicted molar refractivity (Wildman–Crippen MR) is 111 cm³/mol. The van der Waals surface area contributed by atoms with Gasteiger partial charge in [-0.15, -0.1) is 11.8 Å². The van der Waals surface area contributed by atoms with Crippen LogP contribution in [0.5, 0.6) is 0 Å². The van der Waals surface area contributed by atoms with Crippen molar-refractivity contribution in [3.63, 3.8) is 0 Å². The molecular weight excluding hydrogens is 352 g/mol. The molecule has 1 aromatic heterocycles. The van der Waals surface area contributed by atoms with Crippen molar-refractivity contribution in [3.05, 3.63) is 89.2 Å². The van der Waals surface area contributed by atoms with Crippen LogP contribution in [0.1, 0.15) is 28.3 Å². The van der Waals surface area contributed by atoms with Crippen molar-refractivity contribution in [2.75, 3.05) is 5.75 Å². The molecule has 0 aliphatic carbocycles. The molecule has 3 nitrogen and oxygen atoms in total. The Hall–Kier alpha value is -2.46. The smallest absolute Gasteiger partial charge is 0.221 e. The third-order valence-electron chi connectivity index (χ3n) is 5.29. The molecule has 2 atom stereocenters. The van der Waals surface area contributed by atoms with Gasteiger partial charge in [0.05, 0.1) is 0 Å². The third-order valence-corrected chi connectivity index (χ3v) is 6.54. The van der Waals surface area contributed by atoms with E-state index in [-0.39, 0.29) is 11.8 Å². The van der Waals surface area contributed by atoms with Crippen molar-refractivity contribution >= 4 is 17.7 Å². The van der Waals surface area contributed by atoms with Crippen LogP contribution in [0.25, 0.3) is 0 Å². The molecule has 1 aliphatic heterocycles. The van der Waals surface area contributed by atoms with Crippen molar-refractivity contribution in [3.8, 4) is 0 Å². The summed E-state index contributed by atoms with van der Waals surface area (Å²) in [6.45, 7) is 0. The van der Waals surface area contributed by atoms with Gasteiger partial charge in [0.15, 0.2) is 0 Å². The Morgan fingerprint density at radius 2 is 1.93 bits per heavy atom. The molecule has 1 amide bonds. The number of hydrogen-bond acceptors (Lipinski definition) is 2. The van der Waals surface area contributed by atoms with Crippen LogP contribution in [0.4, 0.5) is 0 Å². The molecule has 0 fully saturated rings. The lowest BCUT2D eigenvalue weighted by Gasteiger charge is -2.15. The van der Waals surface area contributed by atoms with Crippen molar-refractivity contribution in [2.45, 2.75) is 30.1 Å². The number of amides is 1. The average Bonchev–Trinajstić information content (AvgIpc) is 3.32. The van der Waals surface area contributed by atoms with Gasteiger partial charge in [0.1, 0.15) is 0 Å². The highest BCUT2D eigenvalue weighted by atomic mass is 32.2. The molecule has 138 valence electrons. The van der Waals surface area contributed by atoms with Crippen LogP contribution in [0.3, 0.4) is 0 Å². The molecule has 4 heteroatoms. The van der Waals surface area contributed by atoms with Gasteiger partial charge in [0.25, 0.3) is 0 Å². The molecule has 0 saturated heterocycles. The molecule has 2 unspecified atom stereocenters. The van der Waals surface area contributed by atoms with Crippen LogP contribution in [0, 0.1) is 5.92 Å². The van der Waals surface area contributed by atoms with Gasteiger partial charge in [-0.3, -0.25) is 4.79 Å². The van der Waals surface area contributed by atoms with Crippen LogP contribution in [0.15, 0.2) is 71.8 Å². The fourth-order valence-electron chi connectivity index (χ4n) is 3.84. The van der Waals surface area contributed by atoms with Gasteiger partial charge in [0.2, 0.25) is 5.91 Å². The van der Waals surface area contributed by atoms with E-state index in [2.05, 4.69) is 53.5 Å². The maximum Gasteiger partial charge on any atom is 0.221 e. The molecule has 4 rings (SSSR count). The molecule has 2 heterocycles. The van der Waals surface area contributed by atoms with Crippen molar-refractivity contribution < 1.29 is 4.79 Å². The Bertz CT molecular complexity index is 905. The van der Waals surface area contributed by atoms with Crippen molar-refractivity contribution in [2.24, 2.45) is 11.7 Å². The molecule has 2 aromatic carbocycles. The number of fused-ring (bicyclic) bond motifs is 1. The average molecular weight is 377 g/mol. The van der Waals surface area contributed by atoms with Crippen molar-refractivity contribution in [1.29, 1.82) is 0 Å². The van der Waals surface area contributed by atoms with Crippen molar-refractivity contribution in [1.82, 2.24) is 4.98 Å². The minimum Gasteiger partial charge on any atom is -0.369 e. The Kier molecular flexibility index (Phi) is 5.35. The SMILES string of the molecule is NC(=O)C(Cc1ccc2c(c1)C(Cc1ccccc1)CS2)Cc1ccc[nH]1. The van der Waals surface area contributed by atoms with Crippen LogP contribution in [0.2, 0.25) is 0 Å². The topological polar surface area (TPSA) is 58.9 Å². The zero-order chi connectivity index (χ0) is 18.6. The van der Waals surface area contributed by atoms with E-state index in [0.717, 1.165) is 17.9 Å². The number of carbonyl (C=O) groups is 1. The van der Waals surface area contributed by atoms with Gasteiger partial charge in [-0.05, 0) is 60.1 Å². The summed E-state index contributed by atoms with van der Waals surface area (Å²) in [5.74, 6) is 1.22. The lowest BCUT2D eigenvalue weighted by Crippen LogP contribution is -2.27. The number of benzene rings is 2. The number of thioether (sulfide) groups is 1. The van der Waals surface area contributed by atoms with Gasteiger partial charge in [-0.2, -0.15) is 0 Å². The second-order valence-electron chi connectivity index (χ2n) is 7.27. The van der Waals surface area contributed by atoms with Crippen LogP contribution in [-0.4, -0.2) is 16.6 Å². The highest BCUT2D eigenvalue weighted by molar-refractivity contribution is 7.99. The zero-order valence-corrected chi connectivity index (χ0v) is 16.0. The molecule has 0 saturated carbocycles. The molecule has 3 N–H and O–H groups in total. The Balaban J connectivity index is 1.51. The van der Waals surface area contributed by atoms with E-state index in [9.17, 15) is 4.79 Å². The van der Waals surface area contributed by atoms with Gasteiger partial charge >= 0.3 is 0 Å². The molecule has 0 spiro atoms. The Labute approximate surface area is 164 Å². The number of hydrogen-bond donors (Lipinski definition) is 2. The first-order valence-electron chi connectivity index (χ1n) is 9.40. The van der Waals surface area contributed by atoms with E-state index in [0.29, 0.717) is 18.8 Å². The maximum absolute atomic E-state index is 12.0. The lowest BCUT2D eigenvalue weighted by molar-refractivity contribution is -0.121. The number of H-pyrrole nitrogens is 1. The maximum atomic E-state index is 12.0. The van der Waals surface area contributed by atoms with Crippen LogP contribution < -0.4 is 5.73 Å². The fraction of sp³-hybridized carbons (Fsp3) is 0.261. The normalized spacial score (nSPS) is 16.8. The molecule has 3 aromatic rings. The zero-order valence-electron chi connectivity index (χ0n) is 15.2. The molecule has 1 aliphatic rings. The van der Waals surface area contributed by atoms with E-state index in [1.54, 1.807) is 0 Å². The Morgan fingerprint density at radius 1 is 1.07 bits per heavy atom. The predicted octanol–water partition coefficient (Wildman–Crippen LogP) is 4.33. The number of nitrogens with one attached hydrogen (secondary N) is 1. The first kappa shape index (κ1) is 17.9. The number of primary amides is 1. The van der Waals surface area contributed by atoms with E-state index in [4.69, 9.17) is 5.73 Å². The lowest BCUT2D eigenvalue weighted by atomic mass is 9.89. The summed E-state index contributed by atoms with van der Waals surface area (Å²) >= 11 is 1.94.